The van der Waals surface area contributed by atoms with Crippen molar-refractivity contribution in [2.24, 2.45) is 4.99 Å². The topological polar surface area (TPSA) is 47.9 Å². The summed E-state index contributed by atoms with van der Waals surface area (Å²) in [6.45, 7) is 2.46. The molecule has 0 aromatic heterocycles. The Morgan fingerprint density at radius 1 is 1.03 bits per heavy atom. The zero-order chi connectivity index (χ0) is 21.1. The molecule has 0 fully saturated rings. The number of aryl methyl sites for hydroxylation is 1. The Kier molecular flexibility index (Phi) is 5.88. The number of halogens is 2. The summed E-state index contributed by atoms with van der Waals surface area (Å²) < 4.78 is 11.3. The number of hydrogen-bond acceptors (Lipinski definition) is 4. The third-order valence-electron chi connectivity index (χ3n) is 4.47. The fourth-order valence-corrected chi connectivity index (χ4v) is 3.52. The number of hydrogen-bond donors (Lipinski definition) is 0. The molecule has 1 aliphatic heterocycles. The average molecular weight is 438 g/mol. The Morgan fingerprint density at radius 3 is 2.67 bits per heavy atom. The minimum atomic E-state index is -0.551. The van der Waals surface area contributed by atoms with Crippen LogP contribution in [-0.2, 0) is 16.1 Å². The highest BCUT2D eigenvalue weighted by molar-refractivity contribution is 6.37. The molecule has 1 aliphatic rings. The Hall–Kier alpha value is -3.08. The first-order chi connectivity index (χ1) is 14.5. The molecule has 4 rings (SSSR count). The van der Waals surface area contributed by atoms with Crippen molar-refractivity contribution in [2.75, 3.05) is 0 Å². The highest BCUT2D eigenvalue weighted by Crippen LogP contribution is 2.28. The second kappa shape index (κ2) is 8.74. The molecule has 0 N–H and O–H groups in total. The van der Waals surface area contributed by atoms with Crippen molar-refractivity contribution in [3.05, 3.63) is 105 Å². The number of benzene rings is 3. The van der Waals surface area contributed by atoms with E-state index in [1.807, 2.05) is 49.4 Å². The molecule has 3 aromatic rings. The van der Waals surface area contributed by atoms with E-state index in [0.29, 0.717) is 28.0 Å². The number of carbonyl (C=O) groups is 1. The minimum Gasteiger partial charge on any atom is -0.488 e. The van der Waals surface area contributed by atoms with Gasteiger partial charge < -0.3 is 9.47 Å². The number of aliphatic imine (C=N–C) groups is 1. The van der Waals surface area contributed by atoms with Crippen LogP contribution in [0.1, 0.15) is 22.3 Å². The number of ether oxygens (including phenoxy) is 2. The summed E-state index contributed by atoms with van der Waals surface area (Å²) in [6, 6.07) is 20.5. The summed E-state index contributed by atoms with van der Waals surface area (Å²) in [5.74, 6) is 0.239. The van der Waals surface area contributed by atoms with Gasteiger partial charge in [0.25, 0.3) is 0 Å². The van der Waals surface area contributed by atoms with E-state index in [9.17, 15) is 4.79 Å². The van der Waals surface area contributed by atoms with Crippen LogP contribution in [-0.4, -0.2) is 11.9 Å². The van der Waals surface area contributed by atoms with Gasteiger partial charge in [-0.25, -0.2) is 9.79 Å². The molecule has 0 aliphatic carbocycles. The van der Waals surface area contributed by atoms with Gasteiger partial charge in [0, 0.05) is 10.6 Å². The Morgan fingerprint density at radius 2 is 1.87 bits per heavy atom. The molecule has 0 unspecified atom stereocenters. The SMILES string of the molecule is Cc1cccc(COc2ccccc2/C=C2\N=C(c3ccc(Cl)cc3Cl)OC2=O)c1. The lowest BCUT2D eigenvalue weighted by Gasteiger charge is -2.09. The summed E-state index contributed by atoms with van der Waals surface area (Å²) in [4.78, 5) is 16.7. The van der Waals surface area contributed by atoms with Crippen molar-refractivity contribution in [3.8, 4) is 5.75 Å². The molecule has 4 nitrogen and oxygen atoms in total. The van der Waals surface area contributed by atoms with Gasteiger partial charge in [-0.1, -0.05) is 71.2 Å². The summed E-state index contributed by atoms with van der Waals surface area (Å²) in [5.41, 5.74) is 3.63. The summed E-state index contributed by atoms with van der Waals surface area (Å²) in [6.07, 6.45) is 1.64. The molecular formula is C24H17Cl2NO3. The van der Waals surface area contributed by atoms with Gasteiger partial charge in [-0.05, 0) is 42.8 Å². The molecule has 0 radical (unpaired) electrons. The Balaban J connectivity index is 1.60. The molecule has 0 saturated heterocycles. The quantitative estimate of drug-likeness (QED) is 0.351. The van der Waals surface area contributed by atoms with Gasteiger partial charge in [0.05, 0.1) is 10.6 Å². The lowest BCUT2D eigenvalue weighted by molar-refractivity contribution is -0.129. The van der Waals surface area contributed by atoms with Crippen molar-refractivity contribution in [1.82, 2.24) is 0 Å². The van der Waals surface area contributed by atoms with Crippen LogP contribution in [0.25, 0.3) is 6.08 Å². The molecule has 0 spiro atoms. The second-order valence-corrected chi connectivity index (χ2v) is 7.62. The van der Waals surface area contributed by atoms with E-state index < -0.39 is 5.97 Å². The lowest BCUT2D eigenvalue weighted by atomic mass is 10.1. The molecule has 6 heteroatoms. The number of esters is 1. The molecule has 30 heavy (non-hydrogen) atoms. The van der Waals surface area contributed by atoms with Crippen LogP contribution in [0.15, 0.2) is 77.4 Å². The van der Waals surface area contributed by atoms with Gasteiger partial charge in [-0.2, -0.15) is 0 Å². The molecule has 0 atom stereocenters. The third-order valence-corrected chi connectivity index (χ3v) is 5.02. The zero-order valence-electron chi connectivity index (χ0n) is 16.1. The first-order valence-corrected chi connectivity index (χ1v) is 10.0. The highest BCUT2D eigenvalue weighted by Gasteiger charge is 2.26. The van der Waals surface area contributed by atoms with Crippen LogP contribution >= 0.6 is 23.2 Å². The molecular weight excluding hydrogens is 421 g/mol. The number of rotatable bonds is 5. The maximum atomic E-state index is 12.4. The third kappa shape index (κ3) is 4.56. The van der Waals surface area contributed by atoms with Crippen LogP contribution in [0.4, 0.5) is 0 Å². The molecule has 3 aromatic carbocycles. The Labute approximate surface area is 184 Å². The van der Waals surface area contributed by atoms with Gasteiger partial charge >= 0.3 is 5.97 Å². The van der Waals surface area contributed by atoms with E-state index in [1.54, 1.807) is 24.3 Å². The highest BCUT2D eigenvalue weighted by atomic mass is 35.5. The fraction of sp³-hybridized carbons (Fsp3) is 0.0833. The van der Waals surface area contributed by atoms with E-state index in [-0.39, 0.29) is 11.6 Å². The molecule has 0 bridgehead atoms. The summed E-state index contributed by atoms with van der Waals surface area (Å²) in [7, 11) is 0. The number of carbonyl (C=O) groups excluding carboxylic acids is 1. The van der Waals surface area contributed by atoms with Gasteiger partial charge in [-0.3, -0.25) is 0 Å². The summed E-state index contributed by atoms with van der Waals surface area (Å²) >= 11 is 12.1. The van der Waals surface area contributed by atoms with E-state index in [0.717, 1.165) is 11.1 Å². The minimum absolute atomic E-state index is 0.145. The van der Waals surface area contributed by atoms with Crippen molar-refractivity contribution >= 4 is 41.1 Å². The van der Waals surface area contributed by atoms with E-state index in [2.05, 4.69) is 11.1 Å². The number of nitrogens with zero attached hydrogens (tertiary/aromatic N) is 1. The monoisotopic (exact) mass is 437 g/mol. The number of para-hydroxylation sites is 1. The van der Waals surface area contributed by atoms with Crippen LogP contribution in [0, 0.1) is 6.92 Å². The standard InChI is InChI=1S/C24H17Cl2NO3/c1-15-5-4-6-16(11-15)14-29-22-8-3-2-7-17(22)12-21-24(28)30-23(27-21)19-10-9-18(25)13-20(19)26/h2-13H,14H2,1H3/b21-12-. The largest absolute Gasteiger partial charge is 0.488 e. The van der Waals surface area contributed by atoms with Crippen LogP contribution in [0.5, 0.6) is 5.75 Å². The second-order valence-electron chi connectivity index (χ2n) is 6.78. The van der Waals surface area contributed by atoms with Crippen LogP contribution in [0.2, 0.25) is 10.0 Å². The van der Waals surface area contributed by atoms with Crippen LogP contribution < -0.4 is 4.74 Å². The predicted molar refractivity (Wildman–Crippen MR) is 119 cm³/mol. The number of cyclic esters (lactones) is 1. The van der Waals surface area contributed by atoms with E-state index in [1.165, 1.54) is 5.56 Å². The molecule has 0 saturated carbocycles. The van der Waals surface area contributed by atoms with Crippen molar-refractivity contribution in [3.63, 3.8) is 0 Å². The summed E-state index contributed by atoms with van der Waals surface area (Å²) in [5, 5.41) is 0.848. The molecule has 1 heterocycles. The predicted octanol–water partition coefficient (Wildman–Crippen LogP) is 6.23. The van der Waals surface area contributed by atoms with Crippen molar-refractivity contribution in [2.45, 2.75) is 13.5 Å². The normalized spacial score (nSPS) is 14.6. The van der Waals surface area contributed by atoms with Crippen LogP contribution in [0.3, 0.4) is 0 Å². The lowest BCUT2D eigenvalue weighted by Crippen LogP contribution is -2.06. The smallest absolute Gasteiger partial charge is 0.363 e. The fourth-order valence-electron chi connectivity index (χ4n) is 3.03. The molecule has 150 valence electrons. The van der Waals surface area contributed by atoms with E-state index >= 15 is 0 Å². The van der Waals surface area contributed by atoms with Gasteiger partial charge in [0.2, 0.25) is 5.90 Å². The first-order valence-electron chi connectivity index (χ1n) is 9.25. The Bertz CT molecular complexity index is 1180. The van der Waals surface area contributed by atoms with Crippen molar-refractivity contribution in [1.29, 1.82) is 0 Å². The van der Waals surface area contributed by atoms with Gasteiger partial charge in [0.1, 0.15) is 12.4 Å². The van der Waals surface area contributed by atoms with Crippen molar-refractivity contribution < 1.29 is 14.3 Å². The molecule has 0 amide bonds. The van der Waals surface area contributed by atoms with Gasteiger partial charge in [0.15, 0.2) is 5.70 Å². The maximum Gasteiger partial charge on any atom is 0.363 e. The first kappa shape index (κ1) is 20.2. The van der Waals surface area contributed by atoms with E-state index in [4.69, 9.17) is 32.7 Å². The zero-order valence-corrected chi connectivity index (χ0v) is 17.6. The van der Waals surface area contributed by atoms with Gasteiger partial charge in [-0.15, -0.1) is 0 Å². The maximum absolute atomic E-state index is 12.4. The average Bonchev–Trinajstić information content (AvgIpc) is 3.07.